The Labute approximate surface area is 118 Å². The highest BCUT2D eigenvalue weighted by molar-refractivity contribution is 5.50. The molecule has 20 heavy (non-hydrogen) atoms. The van der Waals surface area contributed by atoms with Crippen LogP contribution in [0.2, 0.25) is 0 Å². The maximum atomic E-state index is 5.02. The highest BCUT2D eigenvalue weighted by Crippen LogP contribution is 2.22. The zero-order chi connectivity index (χ0) is 13.9. The molecule has 0 aromatic carbocycles. The van der Waals surface area contributed by atoms with Gasteiger partial charge in [0, 0.05) is 25.4 Å². The first-order valence-electron chi connectivity index (χ1n) is 6.99. The molecule has 0 radical (unpaired) electrons. The standard InChI is InChI=1S/C14H19N5O/c1-10-4-3-7-19(9-10)13-5-6-15-14(17-13)16-12-8-11(2)20-18-12/h5-6,8,10H,3-4,7,9H2,1-2H3,(H,15,16,17,18). The Balaban J connectivity index is 1.75. The predicted molar refractivity (Wildman–Crippen MR) is 77.2 cm³/mol. The lowest BCUT2D eigenvalue weighted by atomic mass is 10.0. The van der Waals surface area contributed by atoms with E-state index < -0.39 is 0 Å². The van der Waals surface area contributed by atoms with Crippen LogP contribution in [0.15, 0.2) is 22.9 Å². The minimum atomic E-state index is 0.550. The summed E-state index contributed by atoms with van der Waals surface area (Å²) < 4.78 is 5.02. The molecular weight excluding hydrogens is 254 g/mol. The number of nitrogens with zero attached hydrogens (tertiary/aromatic N) is 4. The van der Waals surface area contributed by atoms with Gasteiger partial charge in [0.05, 0.1) is 0 Å². The Bertz CT molecular complexity index is 582. The van der Waals surface area contributed by atoms with E-state index in [0.29, 0.717) is 17.7 Å². The number of rotatable bonds is 3. The van der Waals surface area contributed by atoms with Crippen molar-refractivity contribution < 1.29 is 4.52 Å². The van der Waals surface area contributed by atoms with E-state index >= 15 is 0 Å². The van der Waals surface area contributed by atoms with E-state index in [9.17, 15) is 0 Å². The van der Waals surface area contributed by atoms with Crippen LogP contribution in [-0.4, -0.2) is 28.2 Å². The van der Waals surface area contributed by atoms with Crippen molar-refractivity contribution in [2.45, 2.75) is 26.7 Å². The second-order valence-electron chi connectivity index (χ2n) is 5.38. The third kappa shape index (κ3) is 2.89. The molecular formula is C14H19N5O. The molecule has 2 aromatic rings. The lowest BCUT2D eigenvalue weighted by Crippen LogP contribution is -2.34. The summed E-state index contributed by atoms with van der Waals surface area (Å²) >= 11 is 0. The molecule has 0 bridgehead atoms. The quantitative estimate of drug-likeness (QED) is 0.927. The first-order valence-corrected chi connectivity index (χ1v) is 6.99. The van der Waals surface area contributed by atoms with E-state index in [2.05, 4.69) is 32.3 Å². The fraction of sp³-hybridized carbons (Fsp3) is 0.500. The summed E-state index contributed by atoms with van der Waals surface area (Å²) in [5.41, 5.74) is 0. The van der Waals surface area contributed by atoms with Gasteiger partial charge >= 0.3 is 0 Å². The van der Waals surface area contributed by atoms with Gasteiger partial charge in [-0.15, -0.1) is 0 Å². The number of hydrogen-bond acceptors (Lipinski definition) is 6. The summed E-state index contributed by atoms with van der Waals surface area (Å²) in [7, 11) is 0. The van der Waals surface area contributed by atoms with Crippen LogP contribution in [0.1, 0.15) is 25.5 Å². The van der Waals surface area contributed by atoms with Crippen LogP contribution in [0, 0.1) is 12.8 Å². The first kappa shape index (κ1) is 12.9. The van der Waals surface area contributed by atoms with Crippen LogP contribution >= 0.6 is 0 Å². The molecule has 1 aliphatic heterocycles. The molecule has 3 rings (SSSR count). The molecule has 6 nitrogen and oxygen atoms in total. The minimum absolute atomic E-state index is 0.550. The molecule has 0 spiro atoms. The lowest BCUT2D eigenvalue weighted by Gasteiger charge is -2.31. The van der Waals surface area contributed by atoms with E-state index in [-0.39, 0.29) is 0 Å². The SMILES string of the molecule is Cc1cc(Nc2nccc(N3CCCC(C)C3)n2)no1. The average molecular weight is 273 g/mol. The van der Waals surface area contributed by atoms with Gasteiger partial charge in [-0.3, -0.25) is 0 Å². The monoisotopic (exact) mass is 273 g/mol. The van der Waals surface area contributed by atoms with Crippen molar-refractivity contribution >= 4 is 17.6 Å². The van der Waals surface area contributed by atoms with E-state index in [0.717, 1.165) is 24.7 Å². The molecule has 3 heterocycles. The topological polar surface area (TPSA) is 67.1 Å². The second kappa shape index (κ2) is 5.48. The van der Waals surface area contributed by atoms with Gasteiger partial charge in [0.2, 0.25) is 5.95 Å². The maximum Gasteiger partial charge on any atom is 0.230 e. The van der Waals surface area contributed by atoms with Crippen LogP contribution < -0.4 is 10.2 Å². The Morgan fingerprint density at radius 2 is 2.35 bits per heavy atom. The second-order valence-corrected chi connectivity index (χ2v) is 5.38. The summed E-state index contributed by atoms with van der Waals surface area (Å²) in [5.74, 6) is 3.62. The number of aromatic nitrogens is 3. The molecule has 1 N–H and O–H groups in total. The van der Waals surface area contributed by atoms with E-state index in [4.69, 9.17) is 4.52 Å². The van der Waals surface area contributed by atoms with Gasteiger partial charge < -0.3 is 14.7 Å². The van der Waals surface area contributed by atoms with Gasteiger partial charge in [0.15, 0.2) is 5.82 Å². The van der Waals surface area contributed by atoms with Crippen molar-refractivity contribution in [1.82, 2.24) is 15.1 Å². The molecule has 1 fully saturated rings. The highest BCUT2D eigenvalue weighted by atomic mass is 16.5. The van der Waals surface area contributed by atoms with Crippen LogP contribution in [0.4, 0.5) is 17.6 Å². The highest BCUT2D eigenvalue weighted by Gasteiger charge is 2.18. The Kier molecular flexibility index (Phi) is 3.54. The summed E-state index contributed by atoms with van der Waals surface area (Å²) in [6, 6.07) is 3.77. The third-order valence-corrected chi connectivity index (χ3v) is 3.49. The predicted octanol–water partition coefficient (Wildman–Crippen LogP) is 2.75. The number of anilines is 3. The number of hydrogen-bond donors (Lipinski definition) is 1. The van der Waals surface area contributed by atoms with Gasteiger partial charge in [0.25, 0.3) is 0 Å². The number of nitrogens with one attached hydrogen (secondary N) is 1. The Morgan fingerprint density at radius 1 is 1.45 bits per heavy atom. The molecule has 106 valence electrons. The molecule has 0 saturated carbocycles. The normalized spacial score (nSPS) is 19.1. The first-order chi connectivity index (χ1) is 9.70. The molecule has 1 unspecified atom stereocenters. The smallest absolute Gasteiger partial charge is 0.230 e. The van der Waals surface area contributed by atoms with Gasteiger partial charge in [-0.25, -0.2) is 4.98 Å². The Morgan fingerprint density at radius 3 is 3.10 bits per heavy atom. The van der Waals surface area contributed by atoms with Crippen LogP contribution in [0.3, 0.4) is 0 Å². The van der Waals surface area contributed by atoms with Crippen molar-refractivity contribution in [2.24, 2.45) is 5.92 Å². The van der Waals surface area contributed by atoms with Crippen molar-refractivity contribution in [3.8, 4) is 0 Å². The average Bonchev–Trinajstić information content (AvgIpc) is 2.84. The van der Waals surface area contributed by atoms with E-state index in [1.165, 1.54) is 12.8 Å². The van der Waals surface area contributed by atoms with Crippen LogP contribution in [-0.2, 0) is 0 Å². The summed E-state index contributed by atoms with van der Waals surface area (Å²) in [6.07, 6.45) is 4.29. The number of aryl methyl sites for hydroxylation is 1. The summed E-state index contributed by atoms with van der Waals surface area (Å²) in [6.45, 7) is 6.25. The molecule has 6 heteroatoms. The van der Waals surface area contributed by atoms with Crippen LogP contribution in [0.5, 0.6) is 0 Å². The minimum Gasteiger partial charge on any atom is -0.360 e. The van der Waals surface area contributed by atoms with E-state index in [1.807, 2.05) is 19.1 Å². The zero-order valence-electron chi connectivity index (χ0n) is 11.8. The van der Waals surface area contributed by atoms with Crippen LogP contribution in [0.25, 0.3) is 0 Å². The summed E-state index contributed by atoms with van der Waals surface area (Å²) in [4.78, 5) is 11.1. The molecule has 1 saturated heterocycles. The molecule has 1 aliphatic rings. The lowest BCUT2D eigenvalue weighted by molar-refractivity contribution is 0.400. The summed E-state index contributed by atoms with van der Waals surface area (Å²) in [5, 5.41) is 6.95. The van der Waals surface area contributed by atoms with Gasteiger partial charge in [-0.05, 0) is 31.7 Å². The number of piperidine rings is 1. The third-order valence-electron chi connectivity index (χ3n) is 3.49. The van der Waals surface area contributed by atoms with Crippen molar-refractivity contribution in [3.63, 3.8) is 0 Å². The molecule has 0 aliphatic carbocycles. The molecule has 2 aromatic heterocycles. The van der Waals surface area contributed by atoms with Gasteiger partial charge in [-0.2, -0.15) is 4.98 Å². The fourth-order valence-electron chi connectivity index (χ4n) is 2.52. The fourth-order valence-corrected chi connectivity index (χ4v) is 2.52. The molecule has 0 amide bonds. The molecule has 1 atom stereocenters. The van der Waals surface area contributed by atoms with Crippen molar-refractivity contribution in [3.05, 3.63) is 24.1 Å². The van der Waals surface area contributed by atoms with Crippen molar-refractivity contribution in [2.75, 3.05) is 23.3 Å². The Hall–Kier alpha value is -2.11. The van der Waals surface area contributed by atoms with Gasteiger partial charge in [0.1, 0.15) is 11.6 Å². The van der Waals surface area contributed by atoms with Gasteiger partial charge in [-0.1, -0.05) is 12.1 Å². The largest absolute Gasteiger partial charge is 0.360 e. The van der Waals surface area contributed by atoms with Crippen molar-refractivity contribution in [1.29, 1.82) is 0 Å². The van der Waals surface area contributed by atoms with E-state index in [1.54, 1.807) is 6.20 Å². The zero-order valence-corrected chi connectivity index (χ0v) is 11.8. The maximum absolute atomic E-state index is 5.02.